The minimum atomic E-state index is -1.86. The van der Waals surface area contributed by atoms with Crippen molar-refractivity contribution in [2.75, 3.05) is 12.3 Å². The van der Waals surface area contributed by atoms with E-state index in [9.17, 15) is 5.11 Å². The van der Waals surface area contributed by atoms with Gasteiger partial charge in [0.05, 0.1) is 18.1 Å². The number of halogens is 1. The average molecular weight is 443 g/mol. The molecule has 0 bridgehead atoms. The van der Waals surface area contributed by atoms with Gasteiger partial charge in [0.25, 0.3) is 0 Å². The summed E-state index contributed by atoms with van der Waals surface area (Å²) >= 11 is 3.49. The Morgan fingerprint density at radius 3 is 2.77 bits per heavy atom. The van der Waals surface area contributed by atoms with Crippen molar-refractivity contribution in [3.8, 4) is 0 Å². The van der Waals surface area contributed by atoms with Crippen LogP contribution in [0.5, 0.6) is 0 Å². The molecule has 0 spiro atoms. The highest BCUT2D eigenvalue weighted by Gasteiger charge is 2.41. The van der Waals surface area contributed by atoms with Crippen LogP contribution < -0.4 is 5.73 Å². The molecule has 1 fully saturated rings. The van der Waals surface area contributed by atoms with E-state index in [0.717, 1.165) is 9.86 Å². The normalized spacial score (nSPS) is 24.5. The third kappa shape index (κ3) is 3.55. The molecule has 0 unspecified atom stereocenters. The van der Waals surface area contributed by atoms with Crippen molar-refractivity contribution in [1.29, 1.82) is 0 Å². The molecule has 1 saturated heterocycles. The van der Waals surface area contributed by atoms with Gasteiger partial charge in [-0.2, -0.15) is 0 Å². The molecule has 144 valence electrons. The fourth-order valence-corrected chi connectivity index (χ4v) is 4.50. The van der Waals surface area contributed by atoms with Gasteiger partial charge in [-0.25, -0.2) is 9.97 Å². The number of aliphatic hydroxyl groups excluding tert-OH is 1. The van der Waals surface area contributed by atoms with Crippen LogP contribution in [-0.4, -0.2) is 46.8 Å². The summed E-state index contributed by atoms with van der Waals surface area (Å²) in [6.07, 6.45) is 2.46. The second-order valence-corrected chi connectivity index (χ2v) is 14.0. The summed E-state index contributed by atoms with van der Waals surface area (Å²) in [5.41, 5.74) is 6.59. The van der Waals surface area contributed by atoms with E-state index in [-0.39, 0.29) is 11.1 Å². The van der Waals surface area contributed by atoms with Crippen molar-refractivity contribution in [3.05, 3.63) is 17.0 Å². The third-order valence-electron chi connectivity index (χ3n) is 5.47. The monoisotopic (exact) mass is 442 g/mol. The van der Waals surface area contributed by atoms with Crippen molar-refractivity contribution >= 4 is 41.1 Å². The molecule has 0 radical (unpaired) electrons. The van der Waals surface area contributed by atoms with Gasteiger partial charge in [0, 0.05) is 17.1 Å². The van der Waals surface area contributed by atoms with Gasteiger partial charge in [0.15, 0.2) is 14.5 Å². The van der Waals surface area contributed by atoms with Gasteiger partial charge < -0.3 is 24.6 Å². The SMILES string of the molecule is CC(C)(C)[Si](C)(C)OC[C@@H]1C[C@@H](O)[C@H](n2cc(Br)c3c(N)ncnc32)O1. The largest absolute Gasteiger partial charge is 0.414 e. The van der Waals surface area contributed by atoms with Crippen LogP contribution in [0.3, 0.4) is 0 Å². The Kier molecular flexibility index (Phi) is 5.21. The molecule has 0 amide bonds. The molecule has 26 heavy (non-hydrogen) atoms. The Morgan fingerprint density at radius 1 is 1.42 bits per heavy atom. The third-order valence-corrected chi connectivity index (χ3v) is 10.6. The maximum Gasteiger partial charge on any atom is 0.192 e. The standard InChI is InChI=1S/C17H27BrN4O3Si/c1-17(2,3)26(4,5)24-8-10-6-12(23)16(25-10)22-7-11(18)13-14(19)20-9-21-15(13)22/h7,9-10,12,16,23H,6,8H2,1-5H3,(H2,19,20,21)/t10-,12+,16+/m0/s1. The lowest BCUT2D eigenvalue weighted by molar-refractivity contribution is -0.0468. The summed E-state index contributed by atoms with van der Waals surface area (Å²) in [6, 6.07) is 0. The van der Waals surface area contributed by atoms with Crippen LogP contribution in [-0.2, 0) is 9.16 Å². The van der Waals surface area contributed by atoms with E-state index in [0.29, 0.717) is 24.5 Å². The highest BCUT2D eigenvalue weighted by atomic mass is 79.9. The van der Waals surface area contributed by atoms with Gasteiger partial charge in [-0.3, -0.25) is 0 Å². The molecule has 9 heteroatoms. The average Bonchev–Trinajstić information content (AvgIpc) is 3.05. The number of hydrogen-bond acceptors (Lipinski definition) is 6. The van der Waals surface area contributed by atoms with E-state index in [1.807, 2.05) is 10.8 Å². The molecule has 3 N–H and O–H groups in total. The number of hydrogen-bond donors (Lipinski definition) is 2. The maximum absolute atomic E-state index is 10.6. The van der Waals surface area contributed by atoms with Gasteiger partial charge in [-0.15, -0.1) is 0 Å². The molecule has 3 heterocycles. The van der Waals surface area contributed by atoms with Crippen LogP contribution in [0.25, 0.3) is 11.0 Å². The van der Waals surface area contributed by atoms with Gasteiger partial charge in [-0.1, -0.05) is 20.8 Å². The molecule has 0 saturated carbocycles. The Labute approximate surface area is 163 Å². The van der Waals surface area contributed by atoms with Crippen molar-refractivity contribution in [2.24, 2.45) is 0 Å². The first kappa shape index (κ1) is 19.8. The summed E-state index contributed by atoms with van der Waals surface area (Å²) in [7, 11) is -1.86. The molecule has 2 aromatic heterocycles. The van der Waals surface area contributed by atoms with Crippen molar-refractivity contribution in [3.63, 3.8) is 0 Å². The minimum Gasteiger partial charge on any atom is -0.414 e. The number of anilines is 1. The van der Waals surface area contributed by atoms with Gasteiger partial charge in [-0.05, 0) is 34.1 Å². The van der Waals surface area contributed by atoms with Gasteiger partial charge in [0.1, 0.15) is 23.9 Å². The second-order valence-electron chi connectivity index (χ2n) is 8.36. The molecule has 3 rings (SSSR count). The van der Waals surface area contributed by atoms with Crippen molar-refractivity contribution < 1.29 is 14.3 Å². The number of aromatic nitrogens is 3. The second kappa shape index (κ2) is 6.86. The Morgan fingerprint density at radius 2 is 2.12 bits per heavy atom. The predicted molar refractivity (Wildman–Crippen MR) is 107 cm³/mol. The molecule has 3 atom stereocenters. The van der Waals surface area contributed by atoms with E-state index < -0.39 is 20.6 Å². The Bertz CT molecular complexity index is 805. The number of nitrogens with zero attached hydrogens (tertiary/aromatic N) is 3. The first-order valence-electron chi connectivity index (χ1n) is 8.75. The lowest BCUT2D eigenvalue weighted by Crippen LogP contribution is -2.42. The fraction of sp³-hybridized carbons (Fsp3) is 0.647. The summed E-state index contributed by atoms with van der Waals surface area (Å²) < 4.78 is 15.0. The number of rotatable bonds is 4. The lowest BCUT2D eigenvalue weighted by atomic mass is 10.2. The van der Waals surface area contributed by atoms with Crippen LogP contribution >= 0.6 is 15.9 Å². The maximum atomic E-state index is 10.6. The van der Waals surface area contributed by atoms with E-state index in [1.54, 1.807) is 0 Å². The smallest absolute Gasteiger partial charge is 0.192 e. The molecular weight excluding hydrogens is 416 g/mol. The van der Waals surface area contributed by atoms with Crippen LogP contribution in [0.4, 0.5) is 5.82 Å². The highest BCUT2D eigenvalue weighted by molar-refractivity contribution is 9.10. The van der Waals surface area contributed by atoms with Crippen LogP contribution in [0.1, 0.15) is 33.4 Å². The Hall–Kier alpha value is -1.00. The number of nitrogen functional groups attached to an aromatic ring is 1. The number of fused-ring (bicyclic) bond motifs is 1. The zero-order valence-corrected chi connectivity index (χ0v) is 18.4. The molecule has 2 aromatic rings. The molecule has 1 aliphatic rings. The molecule has 1 aliphatic heterocycles. The van der Waals surface area contributed by atoms with E-state index in [4.69, 9.17) is 14.9 Å². The summed E-state index contributed by atoms with van der Waals surface area (Å²) in [5, 5.41) is 11.4. The number of aliphatic hydroxyl groups is 1. The molecule has 7 nitrogen and oxygen atoms in total. The Balaban J connectivity index is 1.77. The molecular formula is C17H27BrN4O3Si. The minimum absolute atomic E-state index is 0.138. The van der Waals surface area contributed by atoms with Gasteiger partial charge in [0.2, 0.25) is 0 Å². The first-order valence-corrected chi connectivity index (χ1v) is 12.5. The highest BCUT2D eigenvalue weighted by Crippen LogP contribution is 2.39. The quantitative estimate of drug-likeness (QED) is 0.703. The summed E-state index contributed by atoms with van der Waals surface area (Å²) in [4.78, 5) is 8.34. The summed E-state index contributed by atoms with van der Waals surface area (Å²) in [5.74, 6) is 0.394. The van der Waals surface area contributed by atoms with Crippen LogP contribution in [0, 0.1) is 0 Å². The van der Waals surface area contributed by atoms with E-state index >= 15 is 0 Å². The zero-order chi connectivity index (χ0) is 19.3. The van der Waals surface area contributed by atoms with Crippen molar-refractivity contribution in [2.45, 2.75) is 63.8 Å². The van der Waals surface area contributed by atoms with Gasteiger partial charge >= 0.3 is 0 Å². The number of ether oxygens (including phenoxy) is 1. The van der Waals surface area contributed by atoms with Crippen LogP contribution in [0.2, 0.25) is 18.1 Å². The summed E-state index contributed by atoms with van der Waals surface area (Å²) in [6.45, 7) is 11.5. The lowest BCUT2D eigenvalue weighted by Gasteiger charge is -2.36. The van der Waals surface area contributed by atoms with E-state index in [1.165, 1.54) is 6.33 Å². The van der Waals surface area contributed by atoms with Crippen LogP contribution in [0.15, 0.2) is 17.0 Å². The first-order chi connectivity index (χ1) is 12.0. The predicted octanol–water partition coefficient (Wildman–Crippen LogP) is 3.45. The van der Waals surface area contributed by atoms with E-state index in [2.05, 4.69) is 59.8 Å². The molecule has 0 aromatic carbocycles. The number of nitrogens with two attached hydrogens (primary N) is 1. The topological polar surface area (TPSA) is 95.4 Å². The fourth-order valence-electron chi connectivity index (χ4n) is 2.86. The van der Waals surface area contributed by atoms with Crippen molar-refractivity contribution in [1.82, 2.24) is 14.5 Å². The molecule has 0 aliphatic carbocycles. The zero-order valence-electron chi connectivity index (χ0n) is 15.9.